The van der Waals surface area contributed by atoms with Crippen molar-refractivity contribution in [3.05, 3.63) is 53.9 Å². The number of ether oxygens (including phenoxy) is 1. The summed E-state index contributed by atoms with van der Waals surface area (Å²) >= 11 is 0. The molecule has 10 heteroatoms. The number of aromatic nitrogens is 2. The van der Waals surface area contributed by atoms with E-state index in [1.165, 1.54) is 0 Å². The first-order valence-electron chi connectivity index (χ1n) is 12.1. The smallest absolute Gasteiger partial charge is 0.246 e. The summed E-state index contributed by atoms with van der Waals surface area (Å²) in [6.45, 7) is 6.19. The Bertz CT molecular complexity index is 1260. The lowest BCUT2D eigenvalue weighted by molar-refractivity contribution is 0.123. The van der Waals surface area contributed by atoms with Crippen LogP contribution in [0.25, 0.3) is 11.4 Å². The standard InChI is InChI=1S/C25H31N5O4S/c1-19-6-5-7-20(16-19)25-27-24(34-28-25)18-26-22-17-21(35(31,32)30-10-3-2-4-11-30)8-9-23(22)29-12-14-33-15-13-29/h5-9,16-17,26H,2-4,10-15,18H2,1H3. The highest BCUT2D eigenvalue weighted by Crippen LogP contribution is 2.32. The van der Waals surface area contributed by atoms with Crippen LogP contribution in [0.2, 0.25) is 0 Å². The molecule has 0 unspecified atom stereocenters. The van der Waals surface area contributed by atoms with Crippen molar-refractivity contribution in [3.8, 4) is 11.4 Å². The van der Waals surface area contributed by atoms with Crippen LogP contribution in [0.4, 0.5) is 11.4 Å². The largest absolute Gasteiger partial charge is 0.378 e. The van der Waals surface area contributed by atoms with Gasteiger partial charge in [0.15, 0.2) is 0 Å². The van der Waals surface area contributed by atoms with Crippen LogP contribution in [0.15, 0.2) is 51.9 Å². The molecule has 0 spiro atoms. The highest BCUT2D eigenvalue weighted by molar-refractivity contribution is 7.89. The Morgan fingerprint density at radius 2 is 1.80 bits per heavy atom. The molecule has 0 bridgehead atoms. The summed E-state index contributed by atoms with van der Waals surface area (Å²) in [5.74, 6) is 0.957. The average molecular weight is 498 g/mol. The molecule has 35 heavy (non-hydrogen) atoms. The zero-order valence-electron chi connectivity index (χ0n) is 19.9. The SMILES string of the molecule is Cc1cccc(-c2noc(CNc3cc(S(=O)(=O)N4CCCCC4)ccc3N3CCOCC3)n2)c1. The third-order valence-electron chi connectivity index (χ3n) is 6.45. The van der Waals surface area contributed by atoms with Crippen LogP contribution in [-0.2, 0) is 21.3 Å². The Labute approximate surface area is 206 Å². The van der Waals surface area contributed by atoms with Crippen LogP contribution in [0, 0.1) is 6.92 Å². The second kappa shape index (κ2) is 10.3. The molecule has 0 saturated carbocycles. The summed E-state index contributed by atoms with van der Waals surface area (Å²) in [7, 11) is -3.55. The molecule has 0 atom stereocenters. The number of benzene rings is 2. The molecule has 3 aromatic rings. The summed E-state index contributed by atoms with van der Waals surface area (Å²) in [5.41, 5.74) is 3.67. The van der Waals surface area contributed by atoms with Gasteiger partial charge in [-0.1, -0.05) is 35.3 Å². The molecule has 2 aliphatic heterocycles. The molecular weight excluding hydrogens is 466 g/mol. The predicted molar refractivity (Wildman–Crippen MR) is 134 cm³/mol. The molecule has 0 aliphatic carbocycles. The van der Waals surface area contributed by atoms with Crippen molar-refractivity contribution in [2.75, 3.05) is 49.6 Å². The molecule has 2 aromatic carbocycles. The van der Waals surface area contributed by atoms with Crippen molar-refractivity contribution in [1.29, 1.82) is 0 Å². The second-order valence-electron chi connectivity index (χ2n) is 8.98. The van der Waals surface area contributed by atoms with Gasteiger partial charge in [-0.2, -0.15) is 9.29 Å². The van der Waals surface area contributed by atoms with Gasteiger partial charge in [-0.25, -0.2) is 8.42 Å². The summed E-state index contributed by atoms with van der Waals surface area (Å²) in [6, 6.07) is 13.3. The number of nitrogens with one attached hydrogen (secondary N) is 1. The van der Waals surface area contributed by atoms with Gasteiger partial charge < -0.3 is 19.5 Å². The lowest BCUT2D eigenvalue weighted by Crippen LogP contribution is -2.37. The third-order valence-corrected chi connectivity index (χ3v) is 8.34. The minimum atomic E-state index is -3.55. The van der Waals surface area contributed by atoms with Gasteiger partial charge in [0, 0.05) is 31.7 Å². The van der Waals surface area contributed by atoms with Crippen molar-refractivity contribution in [2.45, 2.75) is 37.6 Å². The molecule has 3 heterocycles. The van der Waals surface area contributed by atoms with Crippen molar-refractivity contribution < 1.29 is 17.7 Å². The van der Waals surface area contributed by atoms with E-state index in [4.69, 9.17) is 9.26 Å². The van der Waals surface area contributed by atoms with E-state index >= 15 is 0 Å². The fourth-order valence-electron chi connectivity index (χ4n) is 4.55. The molecule has 2 aliphatic rings. The monoisotopic (exact) mass is 497 g/mol. The Balaban J connectivity index is 1.40. The Kier molecular flexibility index (Phi) is 7.03. The van der Waals surface area contributed by atoms with Crippen LogP contribution < -0.4 is 10.2 Å². The molecule has 2 fully saturated rings. The number of piperidine rings is 1. The maximum atomic E-state index is 13.3. The fourth-order valence-corrected chi connectivity index (χ4v) is 6.09. The number of hydrogen-bond donors (Lipinski definition) is 1. The zero-order chi connectivity index (χ0) is 24.3. The van der Waals surface area contributed by atoms with Gasteiger partial charge in [0.1, 0.15) is 0 Å². The highest BCUT2D eigenvalue weighted by atomic mass is 32.2. The Hall–Kier alpha value is -2.95. The lowest BCUT2D eigenvalue weighted by atomic mass is 10.1. The van der Waals surface area contributed by atoms with E-state index in [9.17, 15) is 8.42 Å². The van der Waals surface area contributed by atoms with Crippen LogP contribution >= 0.6 is 0 Å². The lowest BCUT2D eigenvalue weighted by Gasteiger charge is -2.31. The summed E-state index contributed by atoms with van der Waals surface area (Å²) in [6.07, 6.45) is 2.87. The normalized spacial score (nSPS) is 17.5. The maximum absolute atomic E-state index is 13.3. The van der Waals surface area contributed by atoms with E-state index in [1.54, 1.807) is 16.4 Å². The van der Waals surface area contributed by atoms with E-state index < -0.39 is 10.0 Å². The Morgan fingerprint density at radius 3 is 2.57 bits per heavy atom. The summed E-state index contributed by atoms with van der Waals surface area (Å²) < 4.78 is 39.2. The van der Waals surface area contributed by atoms with E-state index in [-0.39, 0.29) is 6.54 Å². The zero-order valence-corrected chi connectivity index (χ0v) is 20.8. The summed E-state index contributed by atoms with van der Waals surface area (Å²) in [4.78, 5) is 7.02. The first-order chi connectivity index (χ1) is 17.0. The molecule has 1 aromatic heterocycles. The topological polar surface area (TPSA) is 101 Å². The van der Waals surface area contributed by atoms with E-state index in [0.29, 0.717) is 42.9 Å². The van der Waals surface area contributed by atoms with Crippen molar-refractivity contribution in [1.82, 2.24) is 14.4 Å². The van der Waals surface area contributed by atoms with Gasteiger partial charge in [0.2, 0.25) is 21.7 Å². The van der Waals surface area contributed by atoms with E-state index in [2.05, 4.69) is 20.4 Å². The van der Waals surface area contributed by atoms with Gasteiger partial charge in [-0.05, 0) is 44.0 Å². The number of nitrogens with zero attached hydrogens (tertiary/aromatic N) is 4. The molecule has 2 saturated heterocycles. The van der Waals surface area contributed by atoms with Crippen molar-refractivity contribution >= 4 is 21.4 Å². The summed E-state index contributed by atoms with van der Waals surface area (Å²) in [5, 5.41) is 7.47. The number of rotatable bonds is 7. The predicted octanol–water partition coefficient (Wildman–Crippen LogP) is 3.67. The molecular formula is C25H31N5O4S. The number of morpholine rings is 1. The van der Waals surface area contributed by atoms with Gasteiger partial charge in [0.25, 0.3) is 0 Å². The van der Waals surface area contributed by atoms with Crippen molar-refractivity contribution in [3.63, 3.8) is 0 Å². The first-order valence-corrected chi connectivity index (χ1v) is 13.5. The number of hydrogen-bond acceptors (Lipinski definition) is 8. The molecule has 1 N–H and O–H groups in total. The minimum absolute atomic E-state index is 0.281. The van der Waals surface area contributed by atoms with Gasteiger partial charge in [0.05, 0.1) is 36.0 Å². The molecule has 9 nitrogen and oxygen atoms in total. The van der Waals surface area contributed by atoms with Gasteiger partial charge in [-0.3, -0.25) is 0 Å². The van der Waals surface area contributed by atoms with E-state index in [1.807, 2.05) is 37.3 Å². The Morgan fingerprint density at radius 1 is 1.00 bits per heavy atom. The van der Waals surface area contributed by atoms with Crippen LogP contribution in [0.3, 0.4) is 0 Å². The number of aryl methyl sites for hydroxylation is 1. The third kappa shape index (κ3) is 5.34. The minimum Gasteiger partial charge on any atom is -0.378 e. The molecule has 0 amide bonds. The molecule has 5 rings (SSSR count). The maximum Gasteiger partial charge on any atom is 0.246 e. The number of anilines is 2. The second-order valence-corrected chi connectivity index (χ2v) is 10.9. The van der Waals surface area contributed by atoms with Gasteiger partial charge in [-0.15, -0.1) is 0 Å². The average Bonchev–Trinajstić information content (AvgIpc) is 3.37. The molecule has 186 valence electrons. The van der Waals surface area contributed by atoms with Gasteiger partial charge >= 0.3 is 0 Å². The van der Waals surface area contributed by atoms with Crippen LogP contribution in [0.5, 0.6) is 0 Å². The fraction of sp³-hybridized carbons (Fsp3) is 0.440. The van der Waals surface area contributed by atoms with Crippen molar-refractivity contribution in [2.24, 2.45) is 0 Å². The highest BCUT2D eigenvalue weighted by Gasteiger charge is 2.27. The molecule has 0 radical (unpaired) electrons. The van der Waals surface area contributed by atoms with Crippen LogP contribution in [0.1, 0.15) is 30.7 Å². The number of sulfonamides is 1. The quantitative estimate of drug-likeness (QED) is 0.528. The first kappa shape index (κ1) is 23.8. The van der Waals surface area contributed by atoms with E-state index in [0.717, 1.165) is 54.9 Å². The van der Waals surface area contributed by atoms with Crippen LogP contribution in [-0.4, -0.2) is 62.3 Å².